The second-order valence-electron chi connectivity index (χ2n) is 7.55. The molecule has 0 aliphatic carbocycles. The van der Waals surface area contributed by atoms with Crippen LogP contribution < -0.4 is 20.7 Å². The van der Waals surface area contributed by atoms with Crippen molar-refractivity contribution in [2.75, 3.05) is 24.6 Å². The summed E-state index contributed by atoms with van der Waals surface area (Å²) in [6.07, 6.45) is 2.03. The fraction of sp³-hybridized carbons (Fsp3) is 0.304. The zero-order chi connectivity index (χ0) is 21.8. The highest BCUT2D eigenvalue weighted by atomic mass is 32.2. The maximum absolute atomic E-state index is 12.4. The third-order valence-corrected chi connectivity index (χ3v) is 6.95. The van der Waals surface area contributed by atoms with E-state index in [1.165, 1.54) is 0 Å². The number of ether oxygens (including phenoxy) is 1. The Morgan fingerprint density at radius 1 is 1.10 bits per heavy atom. The normalized spacial score (nSPS) is 19.5. The van der Waals surface area contributed by atoms with Crippen molar-refractivity contribution in [3.8, 4) is 5.75 Å². The predicted molar refractivity (Wildman–Crippen MR) is 122 cm³/mol. The van der Waals surface area contributed by atoms with Gasteiger partial charge in [0, 0.05) is 5.69 Å². The molecule has 4 N–H and O–H groups in total. The number of nitrogens with two attached hydrogens (primary N) is 1. The second kappa shape index (κ2) is 9.45. The van der Waals surface area contributed by atoms with Gasteiger partial charge < -0.3 is 25.8 Å². The number of piperidine rings is 1. The third-order valence-electron chi connectivity index (χ3n) is 5.48. The molecular weight excluding hydrogens is 414 g/mol. The Morgan fingerprint density at radius 2 is 1.77 bits per heavy atom. The molecule has 2 aromatic carbocycles. The van der Waals surface area contributed by atoms with E-state index in [9.17, 15) is 9.59 Å². The lowest BCUT2D eigenvalue weighted by molar-refractivity contribution is -0.139. The summed E-state index contributed by atoms with van der Waals surface area (Å²) in [6.45, 7) is 1.51. The van der Waals surface area contributed by atoms with Crippen molar-refractivity contribution < 1.29 is 19.4 Å². The van der Waals surface area contributed by atoms with E-state index < -0.39 is 18.5 Å². The van der Waals surface area contributed by atoms with Gasteiger partial charge in [0.2, 0.25) is 0 Å². The molecule has 7 nitrogen and oxygen atoms in total. The molecule has 1 fully saturated rings. The van der Waals surface area contributed by atoms with Gasteiger partial charge in [-0.3, -0.25) is 4.79 Å². The van der Waals surface area contributed by atoms with Crippen LogP contribution in [0.3, 0.4) is 0 Å². The minimum absolute atomic E-state index is 0.0468. The number of benzene rings is 2. The molecule has 162 valence electrons. The van der Waals surface area contributed by atoms with Crippen LogP contribution in [0.2, 0.25) is 0 Å². The largest absolute Gasteiger partial charge is 0.482 e. The fourth-order valence-corrected chi connectivity index (χ4v) is 5.55. The molecular formula is C23H25N3O4S. The van der Waals surface area contributed by atoms with Gasteiger partial charge in [-0.05, 0) is 61.7 Å². The van der Waals surface area contributed by atoms with Crippen LogP contribution in [0.4, 0.5) is 5.69 Å². The molecule has 31 heavy (non-hydrogen) atoms. The highest BCUT2D eigenvalue weighted by Crippen LogP contribution is 2.49. The van der Waals surface area contributed by atoms with Crippen molar-refractivity contribution in [2.24, 2.45) is 11.7 Å². The Labute approximate surface area is 185 Å². The van der Waals surface area contributed by atoms with Gasteiger partial charge in [0.1, 0.15) is 5.75 Å². The number of anilines is 1. The number of hydrogen-bond donors (Lipinski definition) is 3. The van der Waals surface area contributed by atoms with Crippen LogP contribution in [0.5, 0.6) is 5.75 Å². The predicted octanol–water partition coefficient (Wildman–Crippen LogP) is 2.88. The van der Waals surface area contributed by atoms with E-state index in [1.54, 1.807) is 23.9 Å². The van der Waals surface area contributed by atoms with E-state index in [0.29, 0.717) is 16.6 Å². The zero-order valence-electron chi connectivity index (χ0n) is 17.0. The molecule has 0 radical (unpaired) electrons. The average molecular weight is 440 g/mol. The number of hydrogen-bond acceptors (Lipinski definition) is 6. The molecule has 1 atom stereocenters. The number of carboxylic acids is 1. The van der Waals surface area contributed by atoms with Crippen LogP contribution in [0.1, 0.15) is 18.4 Å². The number of carboxylic acid groups (broad SMARTS) is 1. The number of amides is 1. The van der Waals surface area contributed by atoms with Gasteiger partial charge in [-0.2, -0.15) is 0 Å². The molecule has 0 spiro atoms. The van der Waals surface area contributed by atoms with Crippen molar-refractivity contribution in [3.05, 3.63) is 65.1 Å². The molecule has 0 aromatic heterocycles. The van der Waals surface area contributed by atoms with Crippen molar-refractivity contribution in [1.29, 1.82) is 0 Å². The van der Waals surface area contributed by atoms with Crippen LogP contribution >= 0.6 is 11.8 Å². The van der Waals surface area contributed by atoms with Crippen LogP contribution in [-0.2, 0) is 9.59 Å². The highest BCUT2D eigenvalue weighted by molar-refractivity contribution is 8.05. The molecule has 2 aliphatic heterocycles. The van der Waals surface area contributed by atoms with Crippen molar-refractivity contribution in [1.82, 2.24) is 5.32 Å². The van der Waals surface area contributed by atoms with E-state index in [2.05, 4.69) is 10.2 Å². The number of aliphatic carboxylic acids is 1. The van der Waals surface area contributed by atoms with E-state index in [4.69, 9.17) is 15.6 Å². The minimum Gasteiger partial charge on any atom is -0.482 e. The summed E-state index contributed by atoms with van der Waals surface area (Å²) >= 11 is 1.54. The lowest BCUT2D eigenvalue weighted by atomic mass is 9.96. The molecule has 0 bridgehead atoms. The number of carbonyl (C=O) groups is 2. The summed E-state index contributed by atoms with van der Waals surface area (Å²) in [7, 11) is 0. The quantitative estimate of drug-likeness (QED) is 0.609. The highest BCUT2D eigenvalue weighted by Gasteiger charge is 2.41. The van der Waals surface area contributed by atoms with E-state index in [-0.39, 0.29) is 5.37 Å². The maximum atomic E-state index is 12.4. The first kappa shape index (κ1) is 21.3. The smallest absolute Gasteiger partial charge is 0.341 e. The summed E-state index contributed by atoms with van der Waals surface area (Å²) in [5.41, 5.74) is 8.48. The van der Waals surface area contributed by atoms with Gasteiger partial charge >= 0.3 is 5.97 Å². The van der Waals surface area contributed by atoms with Gasteiger partial charge in [-0.25, -0.2) is 4.79 Å². The number of nitrogens with zero attached hydrogens (tertiary/aromatic N) is 1. The van der Waals surface area contributed by atoms with Gasteiger partial charge in [-0.15, -0.1) is 0 Å². The second-order valence-corrected chi connectivity index (χ2v) is 8.68. The topological polar surface area (TPSA) is 105 Å². The Balaban J connectivity index is 1.74. The number of thioether (sulfide) groups is 1. The first-order valence-corrected chi connectivity index (χ1v) is 11.1. The summed E-state index contributed by atoms with van der Waals surface area (Å²) in [5.74, 6) is -0.570. The number of primary amides is 1. The average Bonchev–Trinajstić information content (AvgIpc) is 3.20. The Hall–Kier alpha value is -2.97. The maximum Gasteiger partial charge on any atom is 0.341 e. The Kier molecular flexibility index (Phi) is 6.48. The third kappa shape index (κ3) is 4.70. The van der Waals surface area contributed by atoms with Gasteiger partial charge in [0.15, 0.2) is 6.61 Å². The minimum atomic E-state index is -1.02. The van der Waals surface area contributed by atoms with Gasteiger partial charge in [0.05, 0.1) is 16.0 Å². The molecule has 8 heteroatoms. The van der Waals surface area contributed by atoms with Crippen molar-refractivity contribution in [3.63, 3.8) is 0 Å². The molecule has 2 aromatic rings. The van der Waals surface area contributed by atoms with Crippen LogP contribution in [0.25, 0.3) is 5.70 Å². The first-order valence-electron chi connectivity index (χ1n) is 10.3. The monoisotopic (exact) mass is 439 g/mol. The van der Waals surface area contributed by atoms with Crippen molar-refractivity contribution in [2.45, 2.75) is 18.2 Å². The van der Waals surface area contributed by atoms with Crippen LogP contribution in [-0.4, -0.2) is 42.1 Å². The Bertz CT molecular complexity index is 972. The molecule has 0 saturated carbocycles. The number of nitrogens with one attached hydrogen (secondary N) is 1. The molecule has 1 unspecified atom stereocenters. The van der Waals surface area contributed by atoms with E-state index in [0.717, 1.165) is 42.9 Å². The molecule has 2 aliphatic rings. The van der Waals surface area contributed by atoms with Crippen molar-refractivity contribution >= 4 is 35.0 Å². The number of rotatable bonds is 7. The summed E-state index contributed by atoms with van der Waals surface area (Å²) in [4.78, 5) is 26.0. The van der Waals surface area contributed by atoms with Gasteiger partial charge in [-0.1, -0.05) is 42.1 Å². The Morgan fingerprint density at radius 3 is 2.39 bits per heavy atom. The lowest BCUT2D eigenvalue weighted by Gasteiger charge is -2.36. The van der Waals surface area contributed by atoms with Crippen LogP contribution in [0.15, 0.2) is 59.5 Å². The standard InChI is InChI=1S/C23H25N3O4S/c24-22(29)21-20(15-4-2-1-3-5-15)26(23(31-21)16-10-12-25-13-11-16)17-6-8-18(9-7-17)30-14-19(27)28/h1-9,16,23,25H,10-14H2,(H2,24,29)(H,27,28). The summed E-state index contributed by atoms with van der Waals surface area (Å²) in [6, 6.07) is 17.1. The zero-order valence-corrected chi connectivity index (χ0v) is 17.8. The molecule has 4 rings (SSSR count). The van der Waals surface area contributed by atoms with E-state index >= 15 is 0 Å². The molecule has 1 amide bonds. The molecule has 1 saturated heterocycles. The summed E-state index contributed by atoms with van der Waals surface area (Å²) < 4.78 is 5.28. The SMILES string of the molecule is NC(=O)C1=C(c2ccccc2)N(c2ccc(OCC(=O)O)cc2)C(C2CCNCC2)S1. The van der Waals surface area contributed by atoms with Gasteiger partial charge in [0.25, 0.3) is 5.91 Å². The van der Waals surface area contributed by atoms with E-state index in [1.807, 2.05) is 42.5 Å². The first-order chi connectivity index (χ1) is 15.0. The molecule has 2 heterocycles. The summed E-state index contributed by atoms with van der Waals surface area (Å²) in [5, 5.41) is 12.3. The number of carbonyl (C=O) groups excluding carboxylic acids is 1. The fourth-order valence-electron chi connectivity index (χ4n) is 4.07. The lowest BCUT2D eigenvalue weighted by Crippen LogP contribution is -2.40. The van der Waals surface area contributed by atoms with Crippen LogP contribution in [0, 0.1) is 5.92 Å².